The van der Waals surface area contributed by atoms with Crippen LogP contribution in [0.1, 0.15) is 53.1 Å². The molecule has 0 spiro atoms. The van der Waals surface area contributed by atoms with E-state index in [4.69, 9.17) is 16.3 Å². The zero-order valence-electron chi connectivity index (χ0n) is 22.1. The van der Waals surface area contributed by atoms with Gasteiger partial charge in [-0.1, -0.05) is 23.7 Å². The van der Waals surface area contributed by atoms with E-state index in [0.717, 1.165) is 5.56 Å². The number of methoxy groups -OCH3 is 1. The monoisotopic (exact) mass is 543 g/mol. The Balaban J connectivity index is 1.81. The molecule has 10 nitrogen and oxygen atoms in total. The van der Waals surface area contributed by atoms with Crippen LogP contribution in [0.3, 0.4) is 0 Å². The van der Waals surface area contributed by atoms with Gasteiger partial charge in [-0.05, 0) is 43.7 Å². The molecule has 3 aromatic heterocycles. The maximum atomic E-state index is 14.1. The minimum atomic E-state index is -0.661. The highest BCUT2D eigenvalue weighted by Gasteiger charge is 2.44. The van der Waals surface area contributed by atoms with Crippen molar-refractivity contribution in [2.24, 2.45) is 7.05 Å². The lowest BCUT2D eigenvalue weighted by Crippen LogP contribution is -2.35. The third-order valence-corrected chi connectivity index (χ3v) is 6.96. The standard InChI is InChI=1S/C28H26ClN7O3/c1-15(2)35-21(20-13-32-28(31-3)33-25(20)39-5)11-19-24(35)23(17-8-6-16(12-30)7-9-17)36(26(19)37)22-10-18(29)14-34(4)27(22)38/h6-11,13-15,23H,1-5H3,(H,31,32,33)/t23-/m1/s1. The quantitative estimate of drug-likeness (QED) is 0.379. The number of nitriles is 1. The first-order chi connectivity index (χ1) is 18.7. The lowest BCUT2D eigenvalue weighted by atomic mass is 10.0. The largest absolute Gasteiger partial charge is 0.480 e. The van der Waals surface area contributed by atoms with E-state index in [-0.39, 0.29) is 23.2 Å². The number of amides is 1. The number of ether oxygens (including phenoxy) is 1. The van der Waals surface area contributed by atoms with E-state index < -0.39 is 6.04 Å². The Kier molecular flexibility index (Phi) is 6.62. The molecule has 0 aliphatic carbocycles. The molecule has 1 N–H and O–H groups in total. The fraction of sp³-hybridized carbons (Fsp3) is 0.250. The number of aromatic nitrogens is 4. The molecule has 0 fully saturated rings. The summed E-state index contributed by atoms with van der Waals surface area (Å²) in [7, 11) is 4.84. The van der Waals surface area contributed by atoms with E-state index in [1.807, 2.05) is 18.4 Å². The summed E-state index contributed by atoms with van der Waals surface area (Å²) < 4.78 is 8.99. The first-order valence-corrected chi connectivity index (χ1v) is 12.6. The number of carbonyl (C=O) groups excluding carboxylic acids is 1. The molecule has 0 radical (unpaired) electrons. The second kappa shape index (κ2) is 9.93. The van der Waals surface area contributed by atoms with Crippen LogP contribution >= 0.6 is 11.6 Å². The molecule has 11 heteroatoms. The summed E-state index contributed by atoms with van der Waals surface area (Å²) in [5.41, 5.74) is 3.51. The first-order valence-electron chi connectivity index (χ1n) is 12.2. The molecular formula is C28H26ClN7O3. The van der Waals surface area contributed by atoms with Crippen LogP contribution in [0.5, 0.6) is 5.88 Å². The smallest absolute Gasteiger partial charge is 0.274 e. The number of nitrogens with one attached hydrogen (secondary N) is 1. The third kappa shape index (κ3) is 4.21. The number of aryl methyl sites for hydroxylation is 1. The summed E-state index contributed by atoms with van der Waals surface area (Å²) in [6.45, 7) is 4.03. The van der Waals surface area contributed by atoms with Crippen molar-refractivity contribution < 1.29 is 9.53 Å². The second-order valence-electron chi connectivity index (χ2n) is 9.43. The Morgan fingerprint density at radius 3 is 2.49 bits per heavy atom. The van der Waals surface area contributed by atoms with Crippen molar-refractivity contribution in [1.29, 1.82) is 5.26 Å². The number of hydrogen-bond acceptors (Lipinski definition) is 7. The average molecular weight is 544 g/mol. The van der Waals surface area contributed by atoms with E-state index in [1.54, 1.807) is 50.6 Å². The van der Waals surface area contributed by atoms with Crippen molar-refractivity contribution in [1.82, 2.24) is 19.1 Å². The number of benzene rings is 1. The molecule has 1 amide bonds. The van der Waals surface area contributed by atoms with Crippen LogP contribution in [0.15, 0.2) is 53.6 Å². The molecule has 1 aliphatic rings. The first kappa shape index (κ1) is 26.0. The van der Waals surface area contributed by atoms with Gasteiger partial charge in [0.1, 0.15) is 11.7 Å². The van der Waals surface area contributed by atoms with Gasteiger partial charge in [-0.15, -0.1) is 0 Å². The van der Waals surface area contributed by atoms with Crippen molar-refractivity contribution in [2.45, 2.75) is 25.9 Å². The van der Waals surface area contributed by atoms with E-state index in [1.165, 1.54) is 28.8 Å². The molecule has 0 saturated carbocycles. The number of carbonyl (C=O) groups is 1. The Morgan fingerprint density at radius 1 is 1.15 bits per heavy atom. The SMILES string of the molecule is CNc1ncc(-c2cc3c(n2C(C)C)[C@@H](c2ccc(C#N)cc2)N(c2cc(Cl)cn(C)c2=O)C3=O)c(OC)n1. The van der Waals surface area contributed by atoms with Gasteiger partial charge in [0.15, 0.2) is 0 Å². The highest BCUT2D eigenvalue weighted by molar-refractivity contribution is 6.30. The highest BCUT2D eigenvalue weighted by Crippen LogP contribution is 2.46. The Labute approximate surface area is 230 Å². The molecule has 4 heterocycles. The number of hydrogen-bond donors (Lipinski definition) is 1. The lowest BCUT2D eigenvalue weighted by molar-refractivity contribution is 0.0993. The minimum absolute atomic E-state index is 0.0896. The number of fused-ring (bicyclic) bond motifs is 1. The predicted octanol–water partition coefficient (Wildman–Crippen LogP) is 4.55. The molecule has 0 saturated heterocycles. The van der Waals surface area contributed by atoms with Gasteiger partial charge < -0.3 is 19.2 Å². The zero-order chi connectivity index (χ0) is 28.0. The Morgan fingerprint density at radius 2 is 1.87 bits per heavy atom. The van der Waals surface area contributed by atoms with Crippen LogP contribution in [0.25, 0.3) is 11.3 Å². The summed E-state index contributed by atoms with van der Waals surface area (Å²) >= 11 is 6.34. The number of pyridine rings is 1. The zero-order valence-corrected chi connectivity index (χ0v) is 22.8. The summed E-state index contributed by atoms with van der Waals surface area (Å²) in [5, 5.41) is 12.6. The van der Waals surface area contributed by atoms with Crippen LogP contribution < -0.4 is 20.5 Å². The number of anilines is 2. The molecule has 0 bridgehead atoms. The maximum Gasteiger partial charge on any atom is 0.274 e. The molecule has 4 aromatic rings. The van der Waals surface area contributed by atoms with Gasteiger partial charge in [-0.2, -0.15) is 10.2 Å². The molecule has 1 aromatic carbocycles. The van der Waals surface area contributed by atoms with Crippen molar-refractivity contribution in [2.75, 3.05) is 24.4 Å². The molecule has 5 rings (SSSR count). The molecule has 0 unspecified atom stereocenters. The van der Waals surface area contributed by atoms with Gasteiger partial charge in [0, 0.05) is 32.5 Å². The Bertz CT molecular complexity index is 1700. The van der Waals surface area contributed by atoms with E-state index in [0.29, 0.717) is 44.9 Å². The summed E-state index contributed by atoms with van der Waals surface area (Å²) in [6.07, 6.45) is 3.16. The number of halogens is 1. The second-order valence-corrected chi connectivity index (χ2v) is 9.87. The fourth-order valence-electron chi connectivity index (χ4n) is 5.06. The normalized spacial score (nSPS) is 14.5. The van der Waals surface area contributed by atoms with Gasteiger partial charge in [0.2, 0.25) is 11.8 Å². The van der Waals surface area contributed by atoms with Gasteiger partial charge in [0.05, 0.1) is 46.3 Å². The summed E-state index contributed by atoms with van der Waals surface area (Å²) in [6, 6.07) is 11.7. The van der Waals surface area contributed by atoms with Crippen LogP contribution in [0, 0.1) is 11.3 Å². The van der Waals surface area contributed by atoms with Crippen molar-refractivity contribution in [3.63, 3.8) is 0 Å². The Hall–Kier alpha value is -4.62. The van der Waals surface area contributed by atoms with Crippen molar-refractivity contribution in [3.8, 4) is 23.2 Å². The van der Waals surface area contributed by atoms with Crippen molar-refractivity contribution >= 4 is 29.1 Å². The van der Waals surface area contributed by atoms with Crippen LogP contribution in [-0.2, 0) is 7.05 Å². The molecule has 1 aliphatic heterocycles. The maximum absolute atomic E-state index is 14.1. The number of rotatable bonds is 6. The summed E-state index contributed by atoms with van der Waals surface area (Å²) in [4.78, 5) is 37.7. The third-order valence-electron chi connectivity index (χ3n) is 6.75. The van der Waals surface area contributed by atoms with E-state index >= 15 is 0 Å². The van der Waals surface area contributed by atoms with Crippen LogP contribution in [0.2, 0.25) is 5.02 Å². The van der Waals surface area contributed by atoms with E-state index in [9.17, 15) is 14.9 Å². The highest BCUT2D eigenvalue weighted by atomic mass is 35.5. The molecular weight excluding hydrogens is 518 g/mol. The fourth-order valence-corrected chi connectivity index (χ4v) is 5.31. The molecule has 1 atom stereocenters. The van der Waals surface area contributed by atoms with Gasteiger partial charge >= 0.3 is 0 Å². The van der Waals surface area contributed by atoms with Gasteiger partial charge in [-0.3, -0.25) is 14.5 Å². The lowest BCUT2D eigenvalue weighted by Gasteiger charge is -2.29. The van der Waals surface area contributed by atoms with Gasteiger partial charge in [0.25, 0.3) is 11.5 Å². The average Bonchev–Trinajstić information content (AvgIpc) is 3.45. The molecule has 39 heavy (non-hydrogen) atoms. The predicted molar refractivity (Wildman–Crippen MR) is 148 cm³/mol. The van der Waals surface area contributed by atoms with Crippen LogP contribution in [-0.4, -0.2) is 39.2 Å². The van der Waals surface area contributed by atoms with E-state index in [2.05, 4.69) is 21.4 Å². The number of nitrogens with zero attached hydrogens (tertiary/aromatic N) is 6. The minimum Gasteiger partial charge on any atom is -0.480 e. The molecule has 198 valence electrons. The van der Waals surface area contributed by atoms with Crippen molar-refractivity contribution in [3.05, 3.63) is 86.6 Å². The van der Waals surface area contributed by atoms with Gasteiger partial charge in [-0.25, -0.2) is 4.98 Å². The van der Waals surface area contributed by atoms with Crippen LogP contribution in [0.4, 0.5) is 11.6 Å². The summed E-state index contributed by atoms with van der Waals surface area (Å²) in [5.74, 6) is 0.418. The topological polar surface area (TPSA) is 118 Å².